The van der Waals surface area contributed by atoms with Crippen LogP contribution in [0.2, 0.25) is 0 Å². The molecule has 3 nitrogen and oxygen atoms in total. The van der Waals surface area contributed by atoms with Gasteiger partial charge in [-0.05, 0) is 45.7 Å². The van der Waals surface area contributed by atoms with Gasteiger partial charge in [0.15, 0.2) is 0 Å². The van der Waals surface area contributed by atoms with E-state index >= 15 is 0 Å². The summed E-state index contributed by atoms with van der Waals surface area (Å²) in [5.74, 6) is 0.971. The summed E-state index contributed by atoms with van der Waals surface area (Å²) in [4.78, 5) is 2.32. The Bertz CT molecular complexity index is 360. The molecule has 0 amide bonds. The van der Waals surface area contributed by atoms with Gasteiger partial charge in [0.05, 0.1) is 6.61 Å². The molecule has 0 aliphatic rings. The molecule has 0 aliphatic carbocycles. The fraction of sp³-hybridized carbons (Fsp3) is 0.600. The minimum atomic E-state index is 0.156. The molecular formula is C15H26N2O. The Morgan fingerprint density at radius 2 is 1.89 bits per heavy atom. The first kappa shape index (κ1) is 14.8. The smallest absolute Gasteiger partial charge is 0.124 e. The minimum Gasteiger partial charge on any atom is -0.494 e. The molecule has 3 heteroatoms. The normalized spacial score (nSPS) is 12.3. The highest BCUT2D eigenvalue weighted by Gasteiger charge is 2.09. The number of anilines is 1. The Kier molecular flexibility index (Phi) is 5.99. The van der Waals surface area contributed by atoms with Crippen molar-refractivity contribution < 1.29 is 4.74 Å². The van der Waals surface area contributed by atoms with Gasteiger partial charge in [0, 0.05) is 30.9 Å². The van der Waals surface area contributed by atoms with Crippen molar-refractivity contribution in [1.82, 2.24) is 0 Å². The molecule has 0 bridgehead atoms. The van der Waals surface area contributed by atoms with Crippen molar-refractivity contribution in [2.45, 2.75) is 40.2 Å². The van der Waals surface area contributed by atoms with Crippen LogP contribution in [0, 0.1) is 0 Å². The fourth-order valence-corrected chi connectivity index (χ4v) is 2.13. The molecule has 0 fully saturated rings. The molecule has 1 aromatic rings. The summed E-state index contributed by atoms with van der Waals surface area (Å²) in [5, 5.41) is 0. The molecule has 1 atom stereocenters. The van der Waals surface area contributed by atoms with E-state index in [0.29, 0.717) is 6.61 Å². The van der Waals surface area contributed by atoms with E-state index in [1.165, 1.54) is 11.3 Å². The zero-order valence-electron chi connectivity index (χ0n) is 12.1. The SMILES string of the molecule is CCOc1cc(N(CC)CC)ccc1CC(C)N. The van der Waals surface area contributed by atoms with E-state index in [1.807, 2.05) is 13.8 Å². The van der Waals surface area contributed by atoms with Crippen LogP contribution >= 0.6 is 0 Å². The van der Waals surface area contributed by atoms with E-state index in [4.69, 9.17) is 10.5 Å². The first-order chi connectivity index (χ1) is 8.62. The third-order valence-corrected chi connectivity index (χ3v) is 3.02. The second-order valence-electron chi connectivity index (χ2n) is 4.58. The third kappa shape index (κ3) is 3.91. The quantitative estimate of drug-likeness (QED) is 0.808. The first-order valence-electron chi connectivity index (χ1n) is 6.88. The summed E-state index contributed by atoms with van der Waals surface area (Å²) in [6.07, 6.45) is 0.855. The topological polar surface area (TPSA) is 38.5 Å². The van der Waals surface area contributed by atoms with Crippen molar-refractivity contribution in [3.8, 4) is 5.75 Å². The Morgan fingerprint density at radius 1 is 1.22 bits per heavy atom. The lowest BCUT2D eigenvalue weighted by Crippen LogP contribution is -2.22. The number of rotatable bonds is 7. The maximum absolute atomic E-state index is 5.87. The average molecular weight is 250 g/mol. The van der Waals surface area contributed by atoms with Crippen LogP contribution in [0.3, 0.4) is 0 Å². The highest BCUT2D eigenvalue weighted by molar-refractivity contribution is 5.54. The molecule has 0 saturated heterocycles. The van der Waals surface area contributed by atoms with Gasteiger partial charge in [-0.25, -0.2) is 0 Å². The van der Waals surface area contributed by atoms with Gasteiger partial charge in [-0.1, -0.05) is 6.07 Å². The number of nitrogens with two attached hydrogens (primary N) is 1. The summed E-state index contributed by atoms with van der Waals surface area (Å²) in [7, 11) is 0. The Morgan fingerprint density at radius 3 is 2.39 bits per heavy atom. The third-order valence-electron chi connectivity index (χ3n) is 3.02. The zero-order chi connectivity index (χ0) is 13.5. The average Bonchev–Trinajstić information content (AvgIpc) is 2.33. The summed E-state index contributed by atoms with van der Waals surface area (Å²) in [6, 6.07) is 6.59. The summed E-state index contributed by atoms with van der Waals surface area (Å²) >= 11 is 0. The lowest BCUT2D eigenvalue weighted by atomic mass is 10.1. The maximum atomic E-state index is 5.87. The van der Waals surface area contributed by atoms with Crippen molar-refractivity contribution in [1.29, 1.82) is 0 Å². The second kappa shape index (κ2) is 7.27. The highest BCUT2D eigenvalue weighted by Crippen LogP contribution is 2.26. The van der Waals surface area contributed by atoms with Crippen molar-refractivity contribution >= 4 is 5.69 Å². The standard InChI is InChI=1S/C15H26N2O/c1-5-17(6-2)14-9-8-13(10-12(4)16)15(11-14)18-7-3/h8-9,11-12H,5-7,10,16H2,1-4H3. The molecule has 1 aromatic carbocycles. The summed E-state index contributed by atoms with van der Waals surface area (Å²) in [5.41, 5.74) is 8.29. The molecule has 0 saturated carbocycles. The number of hydrogen-bond acceptors (Lipinski definition) is 3. The molecule has 0 radical (unpaired) electrons. The second-order valence-corrected chi connectivity index (χ2v) is 4.58. The van der Waals surface area contributed by atoms with E-state index in [0.717, 1.165) is 25.3 Å². The molecule has 102 valence electrons. The largest absolute Gasteiger partial charge is 0.494 e. The number of ether oxygens (including phenoxy) is 1. The van der Waals surface area contributed by atoms with Gasteiger partial charge >= 0.3 is 0 Å². The lowest BCUT2D eigenvalue weighted by molar-refractivity contribution is 0.336. The predicted molar refractivity (Wildman–Crippen MR) is 78.5 cm³/mol. The van der Waals surface area contributed by atoms with Gasteiger partial charge in [0.25, 0.3) is 0 Å². The van der Waals surface area contributed by atoms with E-state index in [9.17, 15) is 0 Å². The molecule has 1 rings (SSSR count). The minimum absolute atomic E-state index is 0.156. The van der Waals surface area contributed by atoms with E-state index in [1.54, 1.807) is 0 Å². The molecule has 0 aromatic heterocycles. The Labute approximate surface area is 111 Å². The molecule has 1 unspecified atom stereocenters. The van der Waals surface area contributed by atoms with Gasteiger partial charge < -0.3 is 15.4 Å². The van der Waals surface area contributed by atoms with Crippen molar-refractivity contribution in [2.24, 2.45) is 5.73 Å². The van der Waals surface area contributed by atoms with Crippen LogP contribution < -0.4 is 15.4 Å². The Balaban J connectivity index is 3.01. The summed E-state index contributed by atoms with van der Waals surface area (Å²) in [6.45, 7) is 11.1. The first-order valence-corrected chi connectivity index (χ1v) is 6.88. The molecule has 2 N–H and O–H groups in total. The van der Waals surface area contributed by atoms with E-state index in [2.05, 4.69) is 36.9 Å². The number of hydrogen-bond donors (Lipinski definition) is 1. The van der Waals surface area contributed by atoms with Gasteiger partial charge in [0.2, 0.25) is 0 Å². The summed E-state index contributed by atoms with van der Waals surface area (Å²) < 4.78 is 5.74. The number of benzene rings is 1. The monoisotopic (exact) mass is 250 g/mol. The van der Waals surface area contributed by atoms with Crippen molar-refractivity contribution in [3.05, 3.63) is 23.8 Å². The fourth-order valence-electron chi connectivity index (χ4n) is 2.13. The molecular weight excluding hydrogens is 224 g/mol. The van der Waals surface area contributed by atoms with Crippen molar-refractivity contribution in [2.75, 3.05) is 24.6 Å². The van der Waals surface area contributed by atoms with Crippen LogP contribution in [0.4, 0.5) is 5.69 Å². The van der Waals surface area contributed by atoms with Crippen LogP contribution in [0.1, 0.15) is 33.3 Å². The van der Waals surface area contributed by atoms with E-state index < -0.39 is 0 Å². The highest BCUT2D eigenvalue weighted by atomic mass is 16.5. The van der Waals surface area contributed by atoms with Crippen LogP contribution in [0.5, 0.6) is 5.75 Å². The predicted octanol–water partition coefficient (Wildman–Crippen LogP) is 2.82. The Hall–Kier alpha value is -1.22. The van der Waals surface area contributed by atoms with Gasteiger partial charge in [0.1, 0.15) is 5.75 Å². The molecule has 0 aliphatic heterocycles. The van der Waals surface area contributed by atoms with Crippen LogP contribution in [0.25, 0.3) is 0 Å². The van der Waals surface area contributed by atoms with Crippen molar-refractivity contribution in [3.63, 3.8) is 0 Å². The lowest BCUT2D eigenvalue weighted by Gasteiger charge is -2.23. The van der Waals surface area contributed by atoms with Crippen LogP contribution in [-0.4, -0.2) is 25.7 Å². The van der Waals surface area contributed by atoms with Gasteiger partial charge in [-0.3, -0.25) is 0 Å². The van der Waals surface area contributed by atoms with E-state index in [-0.39, 0.29) is 6.04 Å². The van der Waals surface area contributed by atoms with Gasteiger partial charge in [-0.2, -0.15) is 0 Å². The molecule has 18 heavy (non-hydrogen) atoms. The maximum Gasteiger partial charge on any atom is 0.124 e. The van der Waals surface area contributed by atoms with Crippen LogP contribution in [0.15, 0.2) is 18.2 Å². The van der Waals surface area contributed by atoms with Gasteiger partial charge in [-0.15, -0.1) is 0 Å². The number of nitrogens with zero attached hydrogens (tertiary/aromatic N) is 1. The molecule has 0 heterocycles. The zero-order valence-corrected chi connectivity index (χ0v) is 12.1. The van der Waals surface area contributed by atoms with Crippen LogP contribution in [-0.2, 0) is 6.42 Å². The molecule has 0 spiro atoms.